The predicted octanol–water partition coefficient (Wildman–Crippen LogP) is 0.0315. The van der Waals surface area contributed by atoms with Gasteiger partial charge in [-0.2, -0.15) is 0 Å². The van der Waals surface area contributed by atoms with Gasteiger partial charge in [0.15, 0.2) is 0 Å². The number of benzene rings is 1. The summed E-state index contributed by atoms with van der Waals surface area (Å²) in [6, 6.07) is 5.06. The fraction of sp³-hybridized carbons (Fsp3) is 0.571. The van der Waals surface area contributed by atoms with E-state index in [1.165, 1.54) is 12.1 Å². The van der Waals surface area contributed by atoms with E-state index in [9.17, 15) is 4.39 Å². The first-order valence-electron chi connectivity index (χ1n) is 7.00. The maximum Gasteiger partial charge on any atom is 0.491 e. The topological polar surface area (TPSA) is 46.9 Å². The van der Waals surface area contributed by atoms with Gasteiger partial charge in [0.05, 0.1) is 0 Å². The zero-order valence-electron chi connectivity index (χ0n) is 12.1. The van der Waals surface area contributed by atoms with Crippen LogP contribution in [0.1, 0.15) is 18.4 Å². The summed E-state index contributed by atoms with van der Waals surface area (Å²) in [5, 5.41) is 18.3. The number of halogens is 1. The molecule has 0 bridgehead atoms. The summed E-state index contributed by atoms with van der Waals surface area (Å²) in [5.41, 5.74) is 0.843. The number of hydrogen-bond acceptors (Lipinski definition) is 4. The third-order valence-electron chi connectivity index (χ3n) is 4.08. The Bertz CT molecular complexity index is 451. The Morgan fingerprint density at radius 3 is 2.60 bits per heavy atom. The Hall–Kier alpha value is -0.945. The van der Waals surface area contributed by atoms with E-state index >= 15 is 0 Å². The van der Waals surface area contributed by atoms with E-state index in [2.05, 4.69) is 23.9 Å². The van der Waals surface area contributed by atoms with E-state index in [-0.39, 0.29) is 5.46 Å². The van der Waals surface area contributed by atoms with Gasteiger partial charge in [-0.15, -0.1) is 0 Å². The Balaban J connectivity index is 2.00. The summed E-state index contributed by atoms with van der Waals surface area (Å²) < 4.78 is 13.4. The highest BCUT2D eigenvalue weighted by Gasteiger charge is 2.22. The highest BCUT2D eigenvalue weighted by molar-refractivity contribution is 6.58. The van der Waals surface area contributed by atoms with Crippen LogP contribution < -0.4 is 5.46 Å². The molecule has 0 spiro atoms. The van der Waals surface area contributed by atoms with Crippen LogP contribution in [0.15, 0.2) is 18.2 Å². The highest BCUT2D eigenvalue weighted by atomic mass is 19.1. The quantitative estimate of drug-likeness (QED) is 0.764. The molecule has 0 saturated carbocycles. The van der Waals surface area contributed by atoms with E-state index in [0.29, 0.717) is 12.6 Å². The van der Waals surface area contributed by atoms with Crippen LogP contribution in [0.4, 0.5) is 4.39 Å². The van der Waals surface area contributed by atoms with Gasteiger partial charge in [0.1, 0.15) is 5.82 Å². The van der Waals surface area contributed by atoms with Crippen LogP contribution in [0.25, 0.3) is 0 Å². The summed E-state index contributed by atoms with van der Waals surface area (Å²) in [7, 11) is 2.43. The van der Waals surface area contributed by atoms with Gasteiger partial charge in [-0.25, -0.2) is 4.39 Å². The lowest BCUT2D eigenvalue weighted by molar-refractivity contribution is 0.139. The molecule has 0 atom stereocenters. The van der Waals surface area contributed by atoms with E-state index in [1.54, 1.807) is 6.07 Å². The zero-order valence-corrected chi connectivity index (χ0v) is 12.1. The van der Waals surface area contributed by atoms with Gasteiger partial charge >= 0.3 is 7.12 Å². The van der Waals surface area contributed by atoms with Crippen molar-refractivity contribution in [3.05, 3.63) is 29.6 Å². The first-order valence-corrected chi connectivity index (χ1v) is 7.00. The van der Waals surface area contributed by atoms with Crippen LogP contribution >= 0.6 is 0 Å². The van der Waals surface area contributed by atoms with Gasteiger partial charge < -0.3 is 14.9 Å². The van der Waals surface area contributed by atoms with E-state index in [0.717, 1.165) is 31.5 Å². The van der Waals surface area contributed by atoms with Crippen molar-refractivity contribution in [2.75, 3.05) is 27.2 Å². The molecule has 1 aromatic rings. The second-order valence-electron chi connectivity index (χ2n) is 5.68. The Kier molecular flexibility index (Phi) is 5.15. The number of nitrogens with zero attached hydrogens (tertiary/aromatic N) is 2. The highest BCUT2D eigenvalue weighted by Crippen LogP contribution is 2.16. The van der Waals surface area contributed by atoms with Crippen LogP contribution in [0.5, 0.6) is 0 Å². The van der Waals surface area contributed by atoms with Crippen molar-refractivity contribution in [2.24, 2.45) is 0 Å². The predicted molar refractivity (Wildman–Crippen MR) is 78.2 cm³/mol. The van der Waals surface area contributed by atoms with Crippen LogP contribution in [0.3, 0.4) is 0 Å². The summed E-state index contributed by atoms with van der Waals surface area (Å²) in [4.78, 5) is 4.58. The molecule has 1 aliphatic rings. The van der Waals surface area contributed by atoms with Crippen molar-refractivity contribution < 1.29 is 14.4 Å². The molecule has 1 fully saturated rings. The van der Waals surface area contributed by atoms with Crippen molar-refractivity contribution in [3.8, 4) is 0 Å². The normalized spacial score (nSPS) is 17.7. The third kappa shape index (κ3) is 3.79. The molecular formula is C14H22BFN2O2. The molecule has 0 aromatic heterocycles. The molecular weight excluding hydrogens is 258 g/mol. The molecule has 0 aliphatic carbocycles. The van der Waals surface area contributed by atoms with E-state index < -0.39 is 12.9 Å². The van der Waals surface area contributed by atoms with E-state index in [1.807, 2.05) is 0 Å². The van der Waals surface area contributed by atoms with Gasteiger partial charge in [-0.1, -0.05) is 12.1 Å². The molecule has 0 radical (unpaired) electrons. The molecule has 110 valence electrons. The minimum Gasteiger partial charge on any atom is -0.423 e. The first-order chi connectivity index (χ1) is 9.47. The van der Waals surface area contributed by atoms with Gasteiger partial charge in [-0.3, -0.25) is 4.90 Å². The largest absolute Gasteiger partial charge is 0.491 e. The van der Waals surface area contributed by atoms with Crippen molar-refractivity contribution in [2.45, 2.75) is 25.4 Å². The molecule has 1 aliphatic heterocycles. The van der Waals surface area contributed by atoms with Crippen LogP contribution in [0, 0.1) is 5.82 Å². The van der Waals surface area contributed by atoms with E-state index in [4.69, 9.17) is 10.0 Å². The SMILES string of the molecule is CN1CCC(N(C)Cc2ccc(F)c(B(O)O)c2)CC1. The molecule has 20 heavy (non-hydrogen) atoms. The Labute approximate surface area is 120 Å². The average Bonchev–Trinajstić information content (AvgIpc) is 2.41. The Morgan fingerprint density at radius 1 is 1.35 bits per heavy atom. The number of hydrogen-bond donors (Lipinski definition) is 2. The molecule has 1 aromatic carbocycles. The average molecular weight is 280 g/mol. The standard InChI is InChI=1S/C14H22BFN2O2/c1-17-7-5-12(6-8-17)18(2)10-11-3-4-14(16)13(9-11)15(19)20/h3-4,9,12,19-20H,5-8,10H2,1-2H3. The summed E-state index contributed by atoms with van der Waals surface area (Å²) in [6.07, 6.45) is 2.26. The van der Waals surface area contributed by atoms with Crippen molar-refractivity contribution in [1.29, 1.82) is 0 Å². The van der Waals surface area contributed by atoms with Crippen LogP contribution in [0.2, 0.25) is 0 Å². The van der Waals surface area contributed by atoms with Crippen molar-refractivity contribution >= 4 is 12.6 Å². The molecule has 1 heterocycles. The summed E-state index contributed by atoms with van der Waals surface area (Å²) in [6.45, 7) is 2.88. The molecule has 0 amide bonds. The second kappa shape index (κ2) is 6.67. The van der Waals surface area contributed by atoms with Crippen LogP contribution in [-0.2, 0) is 6.54 Å². The van der Waals surface area contributed by atoms with Gasteiger partial charge in [-0.05, 0) is 51.7 Å². The van der Waals surface area contributed by atoms with Crippen molar-refractivity contribution in [3.63, 3.8) is 0 Å². The number of piperidine rings is 1. The Morgan fingerprint density at radius 2 is 2.00 bits per heavy atom. The van der Waals surface area contributed by atoms with Crippen molar-refractivity contribution in [1.82, 2.24) is 9.80 Å². The molecule has 1 saturated heterocycles. The zero-order chi connectivity index (χ0) is 14.7. The lowest BCUT2D eigenvalue weighted by Gasteiger charge is -2.35. The minimum absolute atomic E-state index is 0.0562. The summed E-state index contributed by atoms with van der Waals surface area (Å²) >= 11 is 0. The maximum absolute atomic E-state index is 13.4. The minimum atomic E-state index is -1.76. The van der Waals surface area contributed by atoms with Gasteiger partial charge in [0, 0.05) is 18.0 Å². The third-order valence-corrected chi connectivity index (χ3v) is 4.08. The monoisotopic (exact) mass is 280 g/mol. The van der Waals surface area contributed by atoms with Gasteiger partial charge in [0.25, 0.3) is 0 Å². The number of likely N-dealkylation sites (tertiary alicyclic amines) is 1. The molecule has 2 rings (SSSR count). The molecule has 6 heteroatoms. The lowest BCUT2D eigenvalue weighted by Crippen LogP contribution is -2.41. The maximum atomic E-state index is 13.4. The first kappa shape index (κ1) is 15.4. The molecule has 4 nitrogen and oxygen atoms in total. The number of rotatable bonds is 4. The van der Waals surface area contributed by atoms with Gasteiger partial charge in [0.2, 0.25) is 0 Å². The van der Waals surface area contributed by atoms with Crippen LogP contribution in [-0.4, -0.2) is 60.2 Å². The molecule has 0 unspecified atom stereocenters. The lowest BCUT2D eigenvalue weighted by atomic mass is 9.79. The fourth-order valence-corrected chi connectivity index (χ4v) is 2.74. The summed E-state index contributed by atoms with van der Waals surface area (Å²) in [5.74, 6) is -0.578. The smallest absolute Gasteiger partial charge is 0.423 e. The fourth-order valence-electron chi connectivity index (χ4n) is 2.74. The second-order valence-corrected chi connectivity index (χ2v) is 5.68. The molecule has 2 N–H and O–H groups in total.